The van der Waals surface area contributed by atoms with E-state index in [4.69, 9.17) is 4.74 Å². The van der Waals surface area contributed by atoms with Crippen LogP contribution in [0.15, 0.2) is 53.4 Å². The van der Waals surface area contributed by atoms with E-state index in [0.29, 0.717) is 23.6 Å². The summed E-state index contributed by atoms with van der Waals surface area (Å²) in [5, 5.41) is 1.53. The second-order valence-electron chi connectivity index (χ2n) is 6.48. The molecule has 0 amide bonds. The van der Waals surface area contributed by atoms with Gasteiger partial charge in [-0.1, -0.05) is 36.4 Å². The van der Waals surface area contributed by atoms with Crippen LogP contribution in [0.1, 0.15) is 19.3 Å². The van der Waals surface area contributed by atoms with Crippen molar-refractivity contribution in [2.24, 2.45) is 5.92 Å². The zero-order valence-corrected chi connectivity index (χ0v) is 14.5. The van der Waals surface area contributed by atoms with Gasteiger partial charge in [-0.05, 0) is 42.7 Å². The molecule has 0 saturated heterocycles. The fourth-order valence-corrected chi connectivity index (χ4v) is 5.16. The van der Waals surface area contributed by atoms with Gasteiger partial charge in [0, 0.05) is 5.39 Å². The van der Waals surface area contributed by atoms with Gasteiger partial charge in [-0.2, -0.15) is 0 Å². The maximum absolute atomic E-state index is 12.8. The number of anilines is 1. The van der Waals surface area contributed by atoms with Crippen LogP contribution in [0.5, 0.6) is 0 Å². The van der Waals surface area contributed by atoms with Crippen LogP contribution in [-0.4, -0.2) is 27.5 Å². The lowest BCUT2D eigenvalue weighted by Crippen LogP contribution is -2.34. The predicted molar refractivity (Wildman–Crippen MR) is 95.9 cm³/mol. The summed E-state index contributed by atoms with van der Waals surface area (Å²) < 4.78 is 32.1. The quantitative estimate of drug-likeness (QED) is 0.622. The number of allylic oxidation sites excluding steroid dienone is 2. The van der Waals surface area contributed by atoms with Crippen LogP contribution in [0.4, 0.5) is 5.69 Å². The number of sulfonamides is 1. The van der Waals surface area contributed by atoms with Gasteiger partial charge in [-0.3, -0.25) is 9.10 Å². The van der Waals surface area contributed by atoms with E-state index in [2.05, 4.69) is 12.2 Å². The van der Waals surface area contributed by atoms with Gasteiger partial charge >= 0.3 is 5.97 Å². The van der Waals surface area contributed by atoms with Crippen molar-refractivity contribution in [3.05, 3.63) is 48.6 Å². The Bertz CT molecular complexity index is 959. The number of hydrogen-bond donors (Lipinski definition) is 0. The summed E-state index contributed by atoms with van der Waals surface area (Å²) in [4.78, 5) is 12.5. The monoisotopic (exact) mass is 357 g/mol. The first kappa shape index (κ1) is 16.1. The van der Waals surface area contributed by atoms with E-state index in [1.165, 1.54) is 0 Å². The highest BCUT2D eigenvalue weighted by molar-refractivity contribution is 7.93. The van der Waals surface area contributed by atoms with Gasteiger partial charge in [0.1, 0.15) is 6.54 Å². The number of nitrogens with zero attached hydrogens (tertiary/aromatic N) is 1. The molecule has 0 radical (unpaired) electrons. The van der Waals surface area contributed by atoms with E-state index in [1.807, 2.05) is 12.1 Å². The average molecular weight is 357 g/mol. The number of rotatable bonds is 4. The Morgan fingerprint density at radius 1 is 1.16 bits per heavy atom. The van der Waals surface area contributed by atoms with Crippen molar-refractivity contribution in [2.75, 3.05) is 17.5 Å². The smallest absolute Gasteiger partial charge is 0.326 e. The molecule has 1 aliphatic heterocycles. The third kappa shape index (κ3) is 2.80. The van der Waals surface area contributed by atoms with E-state index >= 15 is 0 Å². The van der Waals surface area contributed by atoms with Gasteiger partial charge in [0.2, 0.25) is 0 Å². The lowest BCUT2D eigenvalue weighted by molar-refractivity contribution is -0.143. The zero-order chi connectivity index (χ0) is 17.4. The molecule has 6 heteroatoms. The Kier molecular flexibility index (Phi) is 4.00. The molecule has 0 aromatic heterocycles. The summed E-state index contributed by atoms with van der Waals surface area (Å²) in [6.45, 7) is 0.0485. The molecule has 25 heavy (non-hydrogen) atoms. The summed E-state index contributed by atoms with van der Waals surface area (Å²) in [6, 6.07) is 10.6. The zero-order valence-electron chi connectivity index (χ0n) is 13.7. The standard InChI is InChI=1S/C19H19NO4S/c21-18(24-13-14-6-2-1-3-7-14)12-20-16-10-4-8-15-9-5-11-17(19(15)16)25(20,22)23/h1-2,4-5,8-11,14H,3,6-7,12-13H2. The summed E-state index contributed by atoms with van der Waals surface area (Å²) in [5.74, 6) is -0.187. The number of carbonyl (C=O) groups is 1. The average Bonchev–Trinajstić information content (AvgIpc) is 2.84. The van der Waals surface area contributed by atoms with Crippen molar-refractivity contribution in [3.63, 3.8) is 0 Å². The molecule has 2 aliphatic rings. The minimum absolute atomic E-state index is 0.255. The second kappa shape index (κ2) is 6.19. The Morgan fingerprint density at radius 3 is 2.72 bits per heavy atom. The molecule has 0 spiro atoms. The van der Waals surface area contributed by atoms with Crippen molar-refractivity contribution in [1.29, 1.82) is 0 Å². The molecular formula is C19H19NO4S. The van der Waals surface area contributed by atoms with Gasteiger partial charge in [-0.15, -0.1) is 0 Å². The molecule has 5 nitrogen and oxygen atoms in total. The molecule has 4 rings (SSSR count). The first-order valence-corrected chi connectivity index (χ1v) is 9.86. The molecule has 0 N–H and O–H groups in total. The minimum Gasteiger partial charge on any atom is -0.464 e. The summed E-state index contributed by atoms with van der Waals surface area (Å²) in [5.41, 5.74) is 0.547. The molecule has 0 saturated carbocycles. The molecule has 0 fully saturated rings. The topological polar surface area (TPSA) is 63.7 Å². The fourth-order valence-electron chi connectivity index (χ4n) is 3.51. The van der Waals surface area contributed by atoms with E-state index < -0.39 is 16.0 Å². The Hall–Kier alpha value is -2.34. The first-order chi connectivity index (χ1) is 12.1. The molecule has 1 atom stereocenters. The Balaban J connectivity index is 1.54. The predicted octanol–water partition coefficient (Wildman–Crippen LogP) is 3.25. The summed E-state index contributed by atoms with van der Waals surface area (Å²) in [6.07, 6.45) is 7.13. The molecule has 1 aliphatic carbocycles. The van der Waals surface area contributed by atoms with Crippen molar-refractivity contribution < 1.29 is 17.9 Å². The maximum Gasteiger partial charge on any atom is 0.326 e. The number of esters is 1. The van der Waals surface area contributed by atoms with Crippen LogP contribution in [0.2, 0.25) is 0 Å². The van der Waals surface area contributed by atoms with Gasteiger partial charge in [-0.25, -0.2) is 8.42 Å². The van der Waals surface area contributed by atoms with Gasteiger partial charge < -0.3 is 4.74 Å². The van der Waals surface area contributed by atoms with E-state index in [0.717, 1.165) is 29.0 Å². The SMILES string of the molecule is O=C(CN1c2cccc3cccc(c23)S1(=O)=O)OCC1CC=CCC1. The lowest BCUT2D eigenvalue weighted by Gasteiger charge is -2.20. The minimum atomic E-state index is -3.72. The molecule has 1 heterocycles. The van der Waals surface area contributed by atoms with Crippen LogP contribution in [0, 0.1) is 5.92 Å². The van der Waals surface area contributed by atoms with E-state index in [-0.39, 0.29) is 11.4 Å². The van der Waals surface area contributed by atoms with E-state index in [9.17, 15) is 13.2 Å². The Morgan fingerprint density at radius 2 is 1.96 bits per heavy atom. The van der Waals surface area contributed by atoms with Crippen molar-refractivity contribution >= 4 is 32.5 Å². The maximum atomic E-state index is 12.8. The fraction of sp³-hybridized carbons (Fsp3) is 0.316. The third-order valence-corrected chi connectivity index (χ3v) is 6.61. The van der Waals surface area contributed by atoms with Crippen LogP contribution in [0.3, 0.4) is 0 Å². The second-order valence-corrected chi connectivity index (χ2v) is 8.31. The number of hydrogen-bond acceptors (Lipinski definition) is 4. The molecule has 1 unspecified atom stereocenters. The summed E-state index contributed by atoms with van der Waals surface area (Å²) >= 11 is 0. The van der Waals surface area contributed by atoms with Gasteiger partial charge in [0.25, 0.3) is 10.0 Å². The molecular weight excluding hydrogens is 338 g/mol. The molecule has 2 aromatic carbocycles. The van der Waals surface area contributed by atoms with Crippen molar-refractivity contribution in [2.45, 2.75) is 24.2 Å². The molecule has 0 bridgehead atoms. The highest BCUT2D eigenvalue weighted by Crippen LogP contribution is 2.41. The highest BCUT2D eigenvalue weighted by Gasteiger charge is 2.37. The largest absolute Gasteiger partial charge is 0.464 e. The van der Waals surface area contributed by atoms with Gasteiger partial charge in [0.05, 0.1) is 17.2 Å². The summed E-state index contributed by atoms with van der Waals surface area (Å²) in [7, 11) is -3.72. The molecule has 130 valence electrons. The number of ether oxygens (including phenoxy) is 1. The van der Waals surface area contributed by atoms with Crippen molar-refractivity contribution in [1.82, 2.24) is 0 Å². The van der Waals surface area contributed by atoms with E-state index in [1.54, 1.807) is 24.3 Å². The van der Waals surface area contributed by atoms with Crippen molar-refractivity contribution in [3.8, 4) is 0 Å². The van der Waals surface area contributed by atoms with Crippen LogP contribution in [-0.2, 0) is 19.6 Å². The Labute approximate surface area is 146 Å². The lowest BCUT2D eigenvalue weighted by atomic mass is 9.95. The first-order valence-electron chi connectivity index (χ1n) is 8.42. The van der Waals surface area contributed by atoms with Crippen LogP contribution in [0.25, 0.3) is 10.8 Å². The highest BCUT2D eigenvalue weighted by atomic mass is 32.2. The van der Waals surface area contributed by atoms with Crippen LogP contribution < -0.4 is 4.31 Å². The normalized spacial score (nSPS) is 20.8. The number of carbonyl (C=O) groups excluding carboxylic acids is 1. The molecule has 2 aromatic rings. The van der Waals surface area contributed by atoms with Gasteiger partial charge in [0.15, 0.2) is 0 Å². The van der Waals surface area contributed by atoms with Crippen LogP contribution >= 0.6 is 0 Å². The number of benzene rings is 2. The third-order valence-electron chi connectivity index (χ3n) is 4.81.